The summed E-state index contributed by atoms with van der Waals surface area (Å²) in [5.41, 5.74) is 6.77. The highest BCUT2D eigenvalue weighted by atomic mass is 35.5. The van der Waals surface area contributed by atoms with Crippen molar-refractivity contribution in [1.82, 2.24) is 35.7 Å². The minimum atomic E-state index is -5.00. The summed E-state index contributed by atoms with van der Waals surface area (Å²) < 4.78 is 85.2. The van der Waals surface area contributed by atoms with Gasteiger partial charge in [0, 0.05) is 131 Å². The number of hydrogen-bond acceptors (Lipinski definition) is 23. The Morgan fingerprint density at radius 1 is 0.650 bits per heavy atom. The molecular weight excluding hydrogens is 1610 g/mol. The van der Waals surface area contributed by atoms with E-state index in [1.54, 1.807) is 78.2 Å². The van der Waals surface area contributed by atoms with Crippen LogP contribution in [0.4, 0.5) is 31.4 Å². The van der Waals surface area contributed by atoms with Crippen LogP contribution in [0.2, 0.25) is 0 Å². The molecule has 0 spiro atoms. The van der Waals surface area contributed by atoms with Gasteiger partial charge in [-0.05, 0) is 77.6 Å². The van der Waals surface area contributed by atoms with E-state index in [9.17, 15) is 71.0 Å². The normalized spacial score (nSPS) is 17.7. The molecule has 9 amide bonds. The molecule has 3 saturated carbocycles. The van der Waals surface area contributed by atoms with Gasteiger partial charge in [-0.1, -0.05) is 74.5 Å². The Morgan fingerprint density at radius 3 is 1.59 bits per heavy atom. The van der Waals surface area contributed by atoms with E-state index in [-0.39, 0.29) is 194 Å². The molecule has 3 aliphatic carbocycles. The number of sulfone groups is 1. The van der Waals surface area contributed by atoms with Gasteiger partial charge in [-0.3, -0.25) is 38.7 Å². The number of anilines is 3. The molecule has 3 heterocycles. The highest BCUT2D eigenvalue weighted by Gasteiger charge is 2.76. The Hall–Kier alpha value is -9.43. The number of urea groups is 1. The summed E-state index contributed by atoms with van der Waals surface area (Å²) in [7, 11) is -5.61. The zero-order chi connectivity index (χ0) is 84.4. The maximum atomic E-state index is 15.0. The Kier molecular flexibility index (Phi) is 31.4. The number of aromatic nitrogens is 2. The van der Waals surface area contributed by atoms with Crippen LogP contribution in [0.1, 0.15) is 91.3 Å². The molecule has 634 valence electrons. The minimum absolute atomic E-state index is 0.00885. The molecular formula is C78H98Cl2N11O24PS. The summed E-state index contributed by atoms with van der Waals surface area (Å²) >= 11 is 13.2. The molecule has 2 bridgehead atoms. The zero-order valence-electron chi connectivity index (χ0n) is 65.5. The van der Waals surface area contributed by atoms with E-state index in [4.69, 9.17) is 71.4 Å². The van der Waals surface area contributed by atoms with Crippen LogP contribution in [0.5, 0.6) is 11.5 Å². The second-order valence-electron chi connectivity index (χ2n) is 29.3. The van der Waals surface area contributed by atoms with Crippen LogP contribution in [0.25, 0.3) is 21.5 Å². The molecule has 2 aliphatic heterocycles. The largest absolute Gasteiger partial charge is 0.524 e. The summed E-state index contributed by atoms with van der Waals surface area (Å²) in [6.07, 6.45) is 2.33. The van der Waals surface area contributed by atoms with Crippen molar-refractivity contribution >= 4 is 133 Å². The summed E-state index contributed by atoms with van der Waals surface area (Å²) in [4.78, 5) is 156. The number of carbonyl (C=O) groups is 9. The van der Waals surface area contributed by atoms with Gasteiger partial charge in [-0.2, -0.15) is 0 Å². The molecule has 11 rings (SSSR count). The number of rotatable bonds is 45. The van der Waals surface area contributed by atoms with E-state index in [0.29, 0.717) is 66.1 Å². The summed E-state index contributed by atoms with van der Waals surface area (Å²) in [6, 6.07) is 20.0. The predicted molar refractivity (Wildman–Crippen MR) is 428 cm³/mol. The van der Waals surface area contributed by atoms with Crippen molar-refractivity contribution in [2.75, 3.05) is 165 Å². The summed E-state index contributed by atoms with van der Waals surface area (Å²) in [5, 5.41) is 20.5. The van der Waals surface area contributed by atoms with E-state index in [2.05, 4.69) is 25.9 Å². The lowest BCUT2D eigenvalue weighted by Crippen LogP contribution is -2.73. The number of nitrogens with one attached hydrogen (secondary N) is 3. The molecule has 8 N–H and O–H groups in total. The second-order valence-corrected chi connectivity index (χ2v) is 33.0. The van der Waals surface area contributed by atoms with E-state index in [0.717, 1.165) is 40.1 Å². The number of nitrogens with zero attached hydrogens (tertiary/aromatic N) is 7. The number of hydrogen-bond donors (Lipinski definition) is 7. The molecule has 117 heavy (non-hydrogen) atoms. The number of aliphatic carboxylic acids is 1. The molecule has 5 aromatic carbocycles. The van der Waals surface area contributed by atoms with Gasteiger partial charge in [-0.25, -0.2) is 42.1 Å². The summed E-state index contributed by atoms with van der Waals surface area (Å²) in [5.74, 6) is -4.19. The molecule has 1 aromatic heterocycles. The monoisotopic (exact) mass is 1710 g/mol. The molecule has 5 aliphatic rings. The lowest BCUT2D eigenvalue weighted by atomic mass is 9.34. The number of carbonyl (C=O) groups excluding carboxylic acids is 8. The van der Waals surface area contributed by atoms with Crippen LogP contribution >= 0.6 is 31.0 Å². The summed E-state index contributed by atoms with van der Waals surface area (Å²) in [6.45, 7) is 6.75. The quantitative estimate of drug-likeness (QED) is 0.00888. The van der Waals surface area contributed by atoms with E-state index in [1.165, 1.54) is 42.1 Å². The average Bonchev–Trinajstić information content (AvgIpc) is 1.57. The highest BCUT2D eigenvalue weighted by Crippen LogP contribution is 2.75. The fourth-order valence-electron chi connectivity index (χ4n) is 14.8. The molecule has 0 saturated heterocycles. The Bertz CT molecular complexity index is 4720. The van der Waals surface area contributed by atoms with Gasteiger partial charge in [0.25, 0.3) is 11.8 Å². The number of fused-ring (bicyclic) bond motifs is 6. The zero-order valence-corrected chi connectivity index (χ0v) is 68.7. The van der Waals surface area contributed by atoms with Gasteiger partial charge >= 0.3 is 32.0 Å². The number of likely N-dealkylation sites (N-methyl/N-ethyl adjacent to an activating group) is 2. The van der Waals surface area contributed by atoms with Gasteiger partial charge in [0.1, 0.15) is 30.2 Å². The first-order chi connectivity index (χ1) is 55.9. The fraction of sp³-hybridized carbons (Fsp3) is 0.500. The minimum Gasteiger partial charge on any atom is -0.480 e. The smallest absolute Gasteiger partial charge is 0.480 e. The lowest BCUT2D eigenvalue weighted by molar-refractivity contribution is -0.205. The molecule has 3 fully saturated rings. The van der Waals surface area contributed by atoms with Crippen molar-refractivity contribution in [3.8, 4) is 11.5 Å². The van der Waals surface area contributed by atoms with Crippen LogP contribution in [-0.2, 0) is 78.1 Å². The lowest BCUT2D eigenvalue weighted by Gasteiger charge is -2.69. The molecule has 6 aromatic rings. The second kappa shape index (κ2) is 40.8. The van der Waals surface area contributed by atoms with Gasteiger partial charge in [0.05, 0.1) is 107 Å². The van der Waals surface area contributed by atoms with Gasteiger partial charge in [-0.15, -0.1) is 23.2 Å². The average molecular weight is 1710 g/mol. The Morgan fingerprint density at radius 2 is 1.12 bits per heavy atom. The third kappa shape index (κ3) is 22.7. The fourth-order valence-corrected chi connectivity index (χ4v) is 16.2. The van der Waals surface area contributed by atoms with Crippen molar-refractivity contribution in [2.24, 2.45) is 22.5 Å². The van der Waals surface area contributed by atoms with Gasteiger partial charge < -0.3 is 88.8 Å². The number of phosphoric ester groups is 1. The number of carboxylic acids is 1. The topological polar surface area (TPSA) is 453 Å². The van der Waals surface area contributed by atoms with Gasteiger partial charge in [0.15, 0.2) is 0 Å². The molecule has 0 unspecified atom stereocenters. The van der Waals surface area contributed by atoms with Crippen molar-refractivity contribution in [3.05, 3.63) is 120 Å². The van der Waals surface area contributed by atoms with E-state index < -0.39 is 88.4 Å². The van der Waals surface area contributed by atoms with Crippen molar-refractivity contribution in [1.29, 1.82) is 0 Å². The van der Waals surface area contributed by atoms with Crippen molar-refractivity contribution in [3.63, 3.8) is 0 Å². The van der Waals surface area contributed by atoms with E-state index in [1.807, 2.05) is 12.1 Å². The maximum absolute atomic E-state index is 15.0. The number of ether oxygens (including phenoxy) is 8. The number of alkyl halides is 2. The standard InChI is InChI=1S/C78H98Cl2N11O24PS/c1-49(2)67(86-64(92)20-25-107-27-29-109-31-33-111-35-36-112-34-32-110-30-28-108-26-22-82-68(93)53-41-84-74(85-42-53)117(5,105)106)69(94)91(59(70(95)96)15-10-21-83-73(81)99)54-18-16-50(17-19-54)45-113-75(100)87(3)23-24-88(4)76(101)114-62-37-60-65(57-13-8-6-11-55(57)62)51(39-79)43-89(60)71(97)77-46-78(47-77,48-77)72(98)90-44-52(40-80)66-58-14-9-7-12-56(58)63(38-61(66)90)115-116(102,103)104/h6-9,11-14,16-19,37-38,41-42,49,51-52,59,67H,10,15,20-36,39-40,43-48H2,1-5H3,(H,82,93)(H,86,92)(H,95,96)(H3,81,83,99)(H2,102,103,104)/t51-,52-,59+,67+,77?,78?/m1/s1. The number of nitrogens with two attached hydrogens (primary N) is 1. The first-order valence-corrected chi connectivity index (χ1v) is 42.5. The number of halogens is 2. The third-order valence-electron chi connectivity index (χ3n) is 20.6. The van der Waals surface area contributed by atoms with Crippen LogP contribution < -0.4 is 45.6 Å². The number of carboxylic acid groups (broad SMARTS) is 1. The van der Waals surface area contributed by atoms with Crippen molar-refractivity contribution < 1.29 is 113 Å². The molecule has 35 nitrogen and oxygen atoms in total. The first-order valence-electron chi connectivity index (χ1n) is 38.1. The molecule has 4 atom stereocenters. The SMILES string of the molecule is CC(C)[C@H](NC(=O)CCOCCOCCOCCOCCOCCOCCNC(=O)c1cnc(S(C)(=O)=O)nc1)C(=O)N(c1ccc(COC(=O)N(C)CCN(C)C(=O)Oc2cc3c(c4ccccc24)[C@H](CCl)CN3C(=O)C23CC(C(=O)N4C[C@@H](CCl)c5c4cc(OP(=O)(O)O)c4ccccc54)(C2)C3)cc1)[C@@H](CCCNC(N)=O)C(=O)O. The van der Waals surface area contributed by atoms with Crippen LogP contribution in [0.15, 0.2) is 102 Å². The molecule has 39 heteroatoms. The maximum Gasteiger partial charge on any atom is 0.524 e. The Labute approximate surface area is 685 Å². The Balaban J connectivity index is 0.647. The van der Waals surface area contributed by atoms with Gasteiger partial charge in [0.2, 0.25) is 32.7 Å². The number of benzene rings is 5. The van der Waals surface area contributed by atoms with Crippen LogP contribution in [0, 0.1) is 16.7 Å². The van der Waals surface area contributed by atoms with E-state index >= 15 is 0 Å². The molecule has 0 radical (unpaired) electrons. The van der Waals surface area contributed by atoms with Crippen LogP contribution in [0.3, 0.4) is 0 Å². The number of primary amides is 1. The number of phosphoric acid groups is 1. The number of amides is 9. The first kappa shape index (κ1) is 89.9. The predicted octanol–water partition coefficient (Wildman–Crippen LogP) is 6.86. The third-order valence-corrected chi connectivity index (χ3v) is 22.6. The van der Waals surface area contributed by atoms with Crippen molar-refractivity contribution in [2.45, 2.75) is 88.1 Å². The van der Waals surface area contributed by atoms with Crippen LogP contribution in [-0.4, -0.2) is 260 Å². The highest BCUT2D eigenvalue weighted by molar-refractivity contribution is 7.90.